The molecule has 4 rings (SSSR count). The fourth-order valence-electron chi connectivity index (χ4n) is 3.04. The van der Waals surface area contributed by atoms with Gasteiger partial charge in [-0.25, -0.2) is 9.78 Å². The average molecular weight is 480 g/mol. The number of anilines is 1. The minimum absolute atomic E-state index is 0.215. The van der Waals surface area contributed by atoms with E-state index in [2.05, 4.69) is 10.3 Å². The number of nitrogens with zero attached hydrogens (tertiary/aromatic N) is 2. The molecule has 0 saturated carbocycles. The molecule has 2 amide bonds. The Hall–Kier alpha value is -3.85. The number of imide groups is 1. The van der Waals surface area contributed by atoms with Gasteiger partial charge in [0.05, 0.1) is 17.4 Å². The van der Waals surface area contributed by atoms with Crippen molar-refractivity contribution in [1.29, 1.82) is 0 Å². The number of thioether (sulfide) groups is 1. The molecule has 2 heterocycles. The molecule has 176 valence electrons. The van der Waals surface area contributed by atoms with Gasteiger partial charge in [0, 0.05) is 13.2 Å². The maximum absolute atomic E-state index is 11.6. The third kappa shape index (κ3) is 7.63. The van der Waals surface area contributed by atoms with Crippen LogP contribution >= 0.6 is 11.8 Å². The van der Waals surface area contributed by atoms with Gasteiger partial charge >= 0.3 is 5.97 Å². The van der Waals surface area contributed by atoms with E-state index >= 15 is 0 Å². The number of aromatic nitrogens is 1. The van der Waals surface area contributed by atoms with Crippen LogP contribution in [0.25, 0.3) is 0 Å². The molecular formula is C25H25N3O5S. The van der Waals surface area contributed by atoms with Gasteiger partial charge < -0.3 is 14.7 Å². The molecule has 1 aliphatic rings. The maximum Gasteiger partial charge on any atom is 0.335 e. The van der Waals surface area contributed by atoms with E-state index in [9.17, 15) is 14.4 Å². The fraction of sp³-hybridized carbons (Fsp3) is 0.200. The second-order valence-corrected chi connectivity index (χ2v) is 8.54. The minimum atomic E-state index is -0.879. The van der Waals surface area contributed by atoms with Gasteiger partial charge in [-0.15, -0.1) is 0 Å². The van der Waals surface area contributed by atoms with Crippen molar-refractivity contribution in [3.05, 3.63) is 90.1 Å². The van der Waals surface area contributed by atoms with Crippen LogP contribution in [0.2, 0.25) is 0 Å². The normalized spacial score (nSPS) is 14.6. The first kappa shape index (κ1) is 24.8. The summed E-state index contributed by atoms with van der Waals surface area (Å²) in [7, 11) is 1.97. The maximum atomic E-state index is 11.6. The number of amides is 2. The average Bonchev–Trinajstić information content (AvgIpc) is 3.17. The van der Waals surface area contributed by atoms with Gasteiger partial charge in [0.25, 0.3) is 5.24 Å². The van der Waals surface area contributed by atoms with Gasteiger partial charge in [0.2, 0.25) is 5.91 Å². The Kier molecular flexibility index (Phi) is 9.04. The number of carboxylic acid groups (broad SMARTS) is 1. The molecule has 0 bridgehead atoms. The summed E-state index contributed by atoms with van der Waals surface area (Å²) in [5.74, 6) is 0.588. The van der Waals surface area contributed by atoms with Crippen LogP contribution in [-0.4, -0.2) is 52.7 Å². The van der Waals surface area contributed by atoms with Crippen LogP contribution in [0.1, 0.15) is 15.9 Å². The zero-order chi connectivity index (χ0) is 24.3. The molecule has 1 saturated heterocycles. The molecule has 3 aromatic rings. The number of nitrogens with one attached hydrogen (secondary N) is 1. The van der Waals surface area contributed by atoms with E-state index in [1.54, 1.807) is 36.5 Å². The highest BCUT2D eigenvalue weighted by atomic mass is 32.2. The molecule has 2 aromatic carbocycles. The Balaban J connectivity index is 0.000000302. The Morgan fingerprint density at radius 2 is 1.76 bits per heavy atom. The predicted molar refractivity (Wildman–Crippen MR) is 131 cm³/mol. The monoisotopic (exact) mass is 479 g/mol. The van der Waals surface area contributed by atoms with Crippen LogP contribution in [-0.2, 0) is 11.2 Å². The van der Waals surface area contributed by atoms with Gasteiger partial charge in [-0.05, 0) is 48.4 Å². The van der Waals surface area contributed by atoms with Crippen LogP contribution in [0.5, 0.6) is 5.75 Å². The molecule has 0 radical (unpaired) electrons. The number of ether oxygens (including phenoxy) is 1. The Labute approximate surface area is 202 Å². The molecule has 0 spiro atoms. The summed E-state index contributed by atoms with van der Waals surface area (Å²) in [5.41, 5.74) is 1.33. The second-order valence-electron chi connectivity index (χ2n) is 7.36. The molecule has 1 aliphatic heterocycles. The van der Waals surface area contributed by atoms with E-state index in [-0.39, 0.29) is 16.4 Å². The smallest absolute Gasteiger partial charge is 0.335 e. The number of carboxylic acids is 1. The summed E-state index contributed by atoms with van der Waals surface area (Å²) in [4.78, 5) is 39.3. The Morgan fingerprint density at radius 1 is 1.06 bits per heavy atom. The Bertz CT molecular complexity index is 1090. The zero-order valence-electron chi connectivity index (χ0n) is 18.6. The number of hydrogen-bond donors (Lipinski definition) is 2. The van der Waals surface area contributed by atoms with E-state index < -0.39 is 5.97 Å². The molecule has 1 atom stereocenters. The number of pyridine rings is 1. The number of carbonyl (C=O) groups excluding carboxylic acids is 2. The van der Waals surface area contributed by atoms with Crippen molar-refractivity contribution in [3.63, 3.8) is 0 Å². The lowest BCUT2D eigenvalue weighted by molar-refractivity contribution is -0.118. The number of aromatic carboxylic acids is 1. The van der Waals surface area contributed by atoms with Crippen LogP contribution in [0, 0.1) is 0 Å². The number of hydrogen-bond acceptors (Lipinski definition) is 7. The van der Waals surface area contributed by atoms with Crippen LogP contribution in [0.4, 0.5) is 10.6 Å². The largest absolute Gasteiger partial charge is 0.492 e. The van der Waals surface area contributed by atoms with Gasteiger partial charge in [-0.2, -0.15) is 0 Å². The zero-order valence-corrected chi connectivity index (χ0v) is 19.4. The third-order valence-electron chi connectivity index (χ3n) is 4.87. The first-order valence-corrected chi connectivity index (χ1v) is 11.4. The number of carbonyl (C=O) groups is 3. The molecule has 1 aromatic heterocycles. The molecule has 0 aliphatic carbocycles. The van der Waals surface area contributed by atoms with E-state index in [0.29, 0.717) is 18.6 Å². The van der Waals surface area contributed by atoms with Crippen molar-refractivity contribution in [2.75, 3.05) is 25.1 Å². The van der Waals surface area contributed by atoms with Crippen LogP contribution < -0.4 is 15.0 Å². The van der Waals surface area contributed by atoms with Gasteiger partial charge in [0.1, 0.15) is 18.2 Å². The standard InChI is InChI=1S/C18H19N3O3S.C7H6O2/c1-21(16-4-2-3-9-19-16)10-11-24-14-7-5-13(6-8-14)12-15-17(22)20-18(23)25-15;8-7(9)6-4-2-1-3-5-6/h2-9,15H,10-12H2,1H3,(H,20,22,23);1-5H,(H,8,9). The number of likely N-dealkylation sites (N-methyl/N-ethyl adjacent to an activating group) is 1. The molecule has 1 unspecified atom stereocenters. The van der Waals surface area contributed by atoms with E-state index in [1.165, 1.54) is 0 Å². The molecule has 8 nitrogen and oxygen atoms in total. The summed E-state index contributed by atoms with van der Waals surface area (Å²) in [5, 5.41) is 10.1. The SMILES string of the molecule is CN(CCOc1ccc(CC2SC(=O)NC2=O)cc1)c1ccccn1.O=C(O)c1ccccc1. The van der Waals surface area contributed by atoms with E-state index in [0.717, 1.165) is 35.4 Å². The predicted octanol–water partition coefficient (Wildman–Crippen LogP) is 3.88. The first-order valence-electron chi connectivity index (χ1n) is 10.6. The molecule has 1 fully saturated rings. The van der Waals surface area contributed by atoms with Crippen LogP contribution in [0.3, 0.4) is 0 Å². The summed E-state index contributed by atoms with van der Waals surface area (Å²) >= 11 is 1.05. The highest BCUT2D eigenvalue weighted by molar-refractivity contribution is 8.15. The quantitative estimate of drug-likeness (QED) is 0.501. The van der Waals surface area contributed by atoms with Crippen molar-refractivity contribution in [1.82, 2.24) is 10.3 Å². The topological polar surface area (TPSA) is 109 Å². The number of rotatable bonds is 8. The van der Waals surface area contributed by atoms with Gasteiger partial charge in [0.15, 0.2) is 0 Å². The molecule has 34 heavy (non-hydrogen) atoms. The molecule has 2 N–H and O–H groups in total. The number of benzene rings is 2. The van der Waals surface area contributed by atoms with Gasteiger partial charge in [-0.1, -0.05) is 48.2 Å². The first-order chi connectivity index (χ1) is 16.4. The lowest BCUT2D eigenvalue weighted by Crippen LogP contribution is -2.25. The van der Waals surface area contributed by atoms with Crippen molar-refractivity contribution in [2.45, 2.75) is 11.7 Å². The molecule has 9 heteroatoms. The van der Waals surface area contributed by atoms with E-state index in [4.69, 9.17) is 9.84 Å². The van der Waals surface area contributed by atoms with E-state index in [1.807, 2.05) is 54.4 Å². The van der Waals surface area contributed by atoms with Crippen LogP contribution in [0.15, 0.2) is 79.0 Å². The summed E-state index contributed by atoms with van der Waals surface area (Å²) < 4.78 is 5.75. The highest BCUT2D eigenvalue weighted by Gasteiger charge is 2.31. The summed E-state index contributed by atoms with van der Waals surface area (Å²) in [6.07, 6.45) is 2.30. The summed E-state index contributed by atoms with van der Waals surface area (Å²) in [6.45, 7) is 1.27. The van der Waals surface area contributed by atoms with Crippen molar-refractivity contribution in [3.8, 4) is 5.75 Å². The lowest BCUT2D eigenvalue weighted by atomic mass is 10.1. The van der Waals surface area contributed by atoms with Gasteiger partial charge in [-0.3, -0.25) is 14.9 Å². The lowest BCUT2D eigenvalue weighted by Gasteiger charge is -2.18. The second kappa shape index (κ2) is 12.4. The van der Waals surface area contributed by atoms with Crippen molar-refractivity contribution >= 4 is 34.7 Å². The summed E-state index contributed by atoms with van der Waals surface area (Å²) in [6, 6.07) is 21.7. The third-order valence-corrected chi connectivity index (χ3v) is 5.85. The highest BCUT2D eigenvalue weighted by Crippen LogP contribution is 2.23. The van der Waals surface area contributed by atoms with Crippen molar-refractivity contribution in [2.24, 2.45) is 0 Å². The Morgan fingerprint density at radius 3 is 2.32 bits per heavy atom. The molecular weight excluding hydrogens is 454 g/mol. The van der Waals surface area contributed by atoms with Crippen molar-refractivity contribution < 1.29 is 24.2 Å². The fourth-order valence-corrected chi connectivity index (χ4v) is 3.90. The minimum Gasteiger partial charge on any atom is -0.492 e.